The predicted molar refractivity (Wildman–Crippen MR) is 80.6 cm³/mol. The van der Waals surface area contributed by atoms with Crippen LogP contribution >= 0.6 is 0 Å². The van der Waals surface area contributed by atoms with Crippen molar-refractivity contribution in [2.24, 2.45) is 5.73 Å². The fourth-order valence-corrected chi connectivity index (χ4v) is 2.58. The standard InChI is InChI=1S/C13H18N6O5/c14-7(21)1-2-15-11-8-12(17-4-16-11)19(5-18-8)13-10(23)9(22)6(3-20)24-13/h4-6,9-10,13,20,22-23H,1-3H2,(H2,14,21)(H,15,16,17). The molecule has 4 atom stereocenters. The predicted octanol–water partition coefficient (Wildman–Crippen LogP) is -2.27. The molecule has 0 aromatic carbocycles. The van der Waals surface area contributed by atoms with Gasteiger partial charge in [-0.1, -0.05) is 0 Å². The van der Waals surface area contributed by atoms with Gasteiger partial charge in [0.25, 0.3) is 0 Å². The largest absolute Gasteiger partial charge is 0.394 e. The number of nitrogens with zero attached hydrogens (tertiary/aromatic N) is 4. The van der Waals surface area contributed by atoms with Gasteiger partial charge in [0.05, 0.1) is 12.9 Å². The summed E-state index contributed by atoms with van der Waals surface area (Å²) in [6.07, 6.45) is -1.43. The Hall–Kier alpha value is -2.34. The van der Waals surface area contributed by atoms with Gasteiger partial charge in [-0.3, -0.25) is 9.36 Å². The number of ether oxygens (including phenoxy) is 1. The highest BCUT2D eigenvalue weighted by molar-refractivity contribution is 5.83. The Morgan fingerprint density at radius 1 is 1.33 bits per heavy atom. The second-order valence-electron chi connectivity index (χ2n) is 5.42. The second-order valence-corrected chi connectivity index (χ2v) is 5.42. The van der Waals surface area contributed by atoms with E-state index in [1.54, 1.807) is 0 Å². The van der Waals surface area contributed by atoms with Gasteiger partial charge in [0.15, 0.2) is 23.2 Å². The van der Waals surface area contributed by atoms with Crippen LogP contribution in [0.2, 0.25) is 0 Å². The van der Waals surface area contributed by atoms with Crippen LogP contribution in [0.15, 0.2) is 12.7 Å². The maximum absolute atomic E-state index is 10.8. The summed E-state index contributed by atoms with van der Waals surface area (Å²) in [5.41, 5.74) is 5.88. The molecule has 3 heterocycles. The smallest absolute Gasteiger partial charge is 0.219 e. The summed E-state index contributed by atoms with van der Waals surface area (Å²) in [6.45, 7) is -0.127. The minimum Gasteiger partial charge on any atom is -0.394 e. The van der Waals surface area contributed by atoms with Gasteiger partial charge in [-0.2, -0.15) is 0 Å². The molecular formula is C13H18N6O5. The molecule has 2 aromatic rings. The van der Waals surface area contributed by atoms with Crippen molar-refractivity contribution < 1.29 is 24.9 Å². The molecule has 3 rings (SSSR count). The minimum absolute atomic E-state index is 0.140. The van der Waals surface area contributed by atoms with Gasteiger partial charge in [-0.05, 0) is 0 Å². The van der Waals surface area contributed by atoms with Gasteiger partial charge >= 0.3 is 0 Å². The zero-order chi connectivity index (χ0) is 17.3. The van der Waals surface area contributed by atoms with Crippen LogP contribution in [-0.4, -0.2) is 72.2 Å². The van der Waals surface area contributed by atoms with Crippen molar-refractivity contribution >= 4 is 22.9 Å². The summed E-state index contributed by atoms with van der Waals surface area (Å²) in [6, 6.07) is 0. The molecule has 11 nitrogen and oxygen atoms in total. The number of nitrogens with one attached hydrogen (secondary N) is 1. The number of amides is 1. The van der Waals surface area contributed by atoms with Crippen molar-refractivity contribution in [1.82, 2.24) is 19.5 Å². The zero-order valence-electron chi connectivity index (χ0n) is 12.6. The van der Waals surface area contributed by atoms with Gasteiger partial charge in [-0.15, -0.1) is 0 Å². The third kappa shape index (κ3) is 2.89. The SMILES string of the molecule is NC(=O)CCNc1ncnc2c1ncn2C1OC(CO)C(O)C1O. The van der Waals surface area contributed by atoms with Crippen LogP contribution in [0.25, 0.3) is 11.2 Å². The zero-order valence-corrected chi connectivity index (χ0v) is 12.6. The third-order valence-corrected chi connectivity index (χ3v) is 3.81. The van der Waals surface area contributed by atoms with E-state index in [0.29, 0.717) is 23.5 Å². The number of aliphatic hydroxyl groups excluding tert-OH is 3. The maximum atomic E-state index is 10.8. The molecule has 1 saturated heterocycles. The molecule has 2 aromatic heterocycles. The summed E-state index contributed by atoms with van der Waals surface area (Å²) >= 11 is 0. The number of hydrogen-bond acceptors (Lipinski definition) is 9. The molecule has 0 spiro atoms. The number of carbonyl (C=O) groups is 1. The number of fused-ring (bicyclic) bond motifs is 1. The van der Waals surface area contributed by atoms with Crippen LogP contribution < -0.4 is 11.1 Å². The summed E-state index contributed by atoms with van der Waals surface area (Å²) in [5.74, 6) is -0.0309. The molecule has 11 heteroatoms. The first-order chi connectivity index (χ1) is 11.5. The minimum atomic E-state index is -1.24. The lowest BCUT2D eigenvalue weighted by Gasteiger charge is -2.16. The van der Waals surface area contributed by atoms with E-state index in [2.05, 4.69) is 20.3 Å². The summed E-state index contributed by atoms with van der Waals surface area (Å²) in [7, 11) is 0. The molecule has 1 aliphatic heterocycles. The molecule has 6 N–H and O–H groups in total. The van der Waals surface area contributed by atoms with E-state index in [1.165, 1.54) is 17.2 Å². The number of primary amides is 1. The van der Waals surface area contributed by atoms with Crippen molar-refractivity contribution in [2.45, 2.75) is 31.0 Å². The number of aromatic nitrogens is 4. The number of rotatable bonds is 6. The molecule has 1 amide bonds. The Bertz CT molecular complexity index is 737. The van der Waals surface area contributed by atoms with Gasteiger partial charge in [0, 0.05) is 13.0 Å². The highest BCUT2D eigenvalue weighted by atomic mass is 16.6. The average molecular weight is 338 g/mol. The summed E-state index contributed by atoms with van der Waals surface area (Å²) in [4.78, 5) is 23.2. The monoisotopic (exact) mass is 338 g/mol. The van der Waals surface area contributed by atoms with E-state index in [9.17, 15) is 20.1 Å². The molecule has 0 saturated carbocycles. The highest BCUT2D eigenvalue weighted by Gasteiger charge is 2.44. The quantitative estimate of drug-likeness (QED) is 0.389. The first-order valence-corrected chi connectivity index (χ1v) is 7.35. The Labute approximate surface area is 136 Å². The maximum Gasteiger partial charge on any atom is 0.219 e. The van der Waals surface area contributed by atoms with Crippen molar-refractivity contribution in [2.75, 3.05) is 18.5 Å². The van der Waals surface area contributed by atoms with E-state index < -0.39 is 37.1 Å². The fourth-order valence-electron chi connectivity index (χ4n) is 2.58. The van der Waals surface area contributed by atoms with Crippen LogP contribution in [0.5, 0.6) is 0 Å². The van der Waals surface area contributed by atoms with Crippen LogP contribution in [0, 0.1) is 0 Å². The third-order valence-electron chi connectivity index (χ3n) is 3.81. The van der Waals surface area contributed by atoms with E-state index in [4.69, 9.17) is 10.5 Å². The number of carbonyl (C=O) groups excluding carboxylic acids is 1. The van der Waals surface area contributed by atoms with E-state index in [0.717, 1.165) is 0 Å². The molecule has 130 valence electrons. The first kappa shape index (κ1) is 16.5. The van der Waals surface area contributed by atoms with E-state index in [1.807, 2.05) is 0 Å². The molecule has 24 heavy (non-hydrogen) atoms. The number of hydrogen-bond donors (Lipinski definition) is 5. The second kappa shape index (κ2) is 6.65. The van der Waals surface area contributed by atoms with Gasteiger partial charge in [0.1, 0.15) is 24.6 Å². The van der Waals surface area contributed by atoms with Crippen LogP contribution in [-0.2, 0) is 9.53 Å². The van der Waals surface area contributed by atoms with Gasteiger partial charge < -0.3 is 31.1 Å². The number of nitrogens with two attached hydrogens (primary N) is 1. The normalized spacial score (nSPS) is 26.8. The Kier molecular flexibility index (Phi) is 4.57. The van der Waals surface area contributed by atoms with Crippen LogP contribution in [0.3, 0.4) is 0 Å². The Morgan fingerprint density at radius 2 is 2.12 bits per heavy atom. The molecule has 0 bridgehead atoms. The Balaban J connectivity index is 1.87. The molecule has 1 aliphatic rings. The lowest BCUT2D eigenvalue weighted by molar-refractivity contribution is -0.117. The molecule has 0 aliphatic carbocycles. The van der Waals surface area contributed by atoms with Crippen LogP contribution in [0.1, 0.15) is 12.6 Å². The fraction of sp³-hybridized carbons (Fsp3) is 0.538. The molecular weight excluding hydrogens is 320 g/mol. The summed E-state index contributed by atoms with van der Waals surface area (Å²) in [5, 5.41) is 32.1. The number of imidazole rings is 1. The molecule has 4 unspecified atom stereocenters. The van der Waals surface area contributed by atoms with Crippen molar-refractivity contribution in [3.05, 3.63) is 12.7 Å². The van der Waals surface area contributed by atoms with Crippen molar-refractivity contribution in [1.29, 1.82) is 0 Å². The van der Waals surface area contributed by atoms with Crippen molar-refractivity contribution in [3.63, 3.8) is 0 Å². The molecule has 1 fully saturated rings. The van der Waals surface area contributed by atoms with Crippen LogP contribution in [0.4, 0.5) is 5.82 Å². The van der Waals surface area contributed by atoms with E-state index in [-0.39, 0.29) is 6.42 Å². The molecule has 0 radical (unpaired) electrons. The van der Waals surface area contributed by atoms with Gasteiger partial charge in [-0.25, -0.2) is 15.0 Å². The topological polar surface area (TPSA) is 169 Å². The Morgan fingerprint density at radius 3 is 2.79 bits per heavy atom. The average Bonchev–Trinajstić information content (AvgIpc) is 3.10. The highest BCUT2D eigenvalue weighted by Crippen LogP contribution is 2.31. The van der Waals surface area contributed by atoms with Gasteiger partial charge in [0.2, 0.25) is 5.91 Å². The number of aliphatic hydroxyl groups is 3. The van der Waals surface area contributed by atoms with E-state index >= 15 is 0 Å². The first-order valence-electron chi connectivity index (χ1n) is 7.35. The lowest BCUT2D eigenvalue weighted by atomic mass is 10.1. The lowest BCUT2D eigenvalue weighted by Crippen LogP contribution is -2.33. The summed E-state index contributed by atoms with van der Waals surface area (Å²) < 4.78 is 6.93. The van der Waals surface area contributed by atoms with Crippen molar-refractivity contribution in [3.8, 4) is 0 Å². The number of anilines is 1.